The summed E-state index contributed by atoms with van der Waals surface area (Å²) in [7, 11) is 0. The maximum Gasteiger partial charge on any atom is 0.152 e. The van der Waals surface area contributed by atoms with E-state index in [-0.39, 0.29) is 16.5 Å². The lowest BCUT2D eigenvalue weighted by atomic mass is 9.76. The number of benzene rings is 2. The lowest BCUT2D eigenvalue weighted by Gasteiger charge is -2.43. The molecule has 3 aliphatic rings. The van der Waals surface area contributed by atoms with Crippen LogP contribution in [0.2, 0.25) is 0 Å². The molecular formula is C17H14BrNO2. The molecule has 0 N–H and O–H groups in total. The van der Waals surface area contributed by atoms with Gasteiger partial charge in [0.15, 0.2) is 6.10 Å². The standard InChI is InChI=1S/C17H14BrNO2/c18-17-13-6-3-7-14(17)21-19-16(17)15-11-5-2-1-4-10(11)8-9-12(15)20-13/h1-2,4-5,8-9,13-14H,3,6-7H2. The predicted octanol–water partition coefficient (Wildman–Crippen LogP) is 4.02. The zero-order valence-corrected chi connectivity index (χ0v) is 13.0. The van der Waals surface area contributed by atoms with Gasteiger partial charge >= 0.3 is 0 Å². The van der Waals surface area contributed by atoms with Crippen LogP contribution in [0.25, 0.3) is 10.8 Å². The molecule has 1 fully saturated rings. The highest BCUT2D eigenvalue weighted by molar-refractivity contribution is 9.10. The molecule has 3 atom stereocenters. The molecule has 106 valence electrons. The van der Waals surface area contributed by atoms with Crippen LogP contribution in [0.3, 0.4) is 0 Å². The van der Waals surface area contributed by atoms with Crippen LogP contribution < -0.4 is 4.74 Å². The van der Waals surface area contributed by atoms with Crippen LogP contribution in [0.15, 0.2) is 41.6 Å². The molecule has 2 aromatic carbocycles. The molecular weight excluding hydrogens is 330 g/mol. The molecule has 0 aromatic heterocycles. The van der Waals surface area contributed by atoms with Gasteiger partial charge in [-0.2, -0.15) is 0 Å². The summed E-state index contributed by atoms with van der Waals surface area (Å²) in [6.07, 6.45) is 3.37. The molecule has 5 rings (SSSR count). The topological polar surface area (TPSA) is 30.8 Å². The number of alkyl halides is 1. The summed E-state index contributed by atoms with van der Waals surface area (Å²) >= 11 is 3.94. The van der Waals surface area contributed by atoms with Crippen molar-refractivity contribution >= 4 is 32.4 Å². The minimum Gasteiger partial charge on any atom is -0.488 e. The number of oxime groups is 1. The quantitative estimate of drug-likeness (QED) is 0.676. The van der Waals surface area contributed by atoms with Gasteiger partial charge in [0.2, 0.25) is 0 Å². The number of hydrogen-bond acceptors (Lipinski definition) is 3. The van der Waals surface area contributed by atoms with Gasteiger partial charge in [0.05, 0.1) is 5.56 Å². The molecule has 1 saturated carbocycles. The van der Waals surface area contributed by atoms with Crippen LogP contribution in [0.1, 0.15) is 24.8 Å². The fourth-order valence-corrected chi connectivity index (χ4v) is 4.77. The Kier molecular flexibility index (Phi) is 2.30. The van der Waals surface area contributed by atoms with Crippen LogP contribution in [0.4, 0.5) is 0 Å². The van der Waals surface area contributed by atoms with Gasteiger partial charge in [0, 0.05) is 0 Å². The molecule has 0 radical (unpaired) electrons. The average Bonchev–Trinajstić information content (AvgIpc) is 2.85. The zero-order chi connectivity index (χ0) is 14.0. The molecule has 2 aliphatic heterocycles. The monoisotopic (exact) mass is 343 g/mol. The number of fused-ring (bicyclic) bond motifs is 4. The van der Waals surface area contributed by atoms with E-state index in [0.29, 0.717) is 0 Å². The third kappa shape index (κ3) is 1.41. The van der Waals surface area contributed by atoms with Gasteiger partial charge in [-0.15, -0.1) is 0 Å². The number of halogens is 1. The normalized spacial score (nSPS) is 32.7. The Morgan fingerprint density at radius 2 is 1.95 bits per heavy atom. The summed E-state index contributed by atoms with van der Waals surface area (Å²) in [6, 6.07) is 12.6. The largest absolute Gasteiger partial charge is 0.488 e. The van der Waals surface area contributed by atoms with Crippen molar-refractivity contribution in [2.45, 2.75) is 35.8 Å². The summed E-state index contributed by atoms with van der Waals surface area (Å²) in [5.41, 5.74) is 2.10. The van der Waals surface area contributed by atoms with Gasteiger partial charge in [0.25, 0.3) is 0 Å². The van der Waals surface area contributed by atoms with Crippen molar-refractivity contribution in [3.8, 4) is 5.75 Å². The highest BCUT2D eigenvalue weighted by atomic mass is 79.9. The number of ether oxygens (including phenoxy) is 1. The summed E-state index contributed by atoms with van der Waals surface area (Å²) in [6.45, 7) is 0. The first-order chi connectivity index (χ1) is 10.3. The molecule has 1 aliphatic carbocycles. The summed E-state index contributed by atoms with van der Waals surface area (Å²) in [5.74, 6) is 0.929. The Bertz CT molecular complexity index is 787. The minimum atomic E-state index is -0.289. The van der Waals surface area contributed by atoms with Gasteiger partial charge in [-0.3, -0.25) is 0 Å². The van der Waals surface area contributed by atoms with E-state index < -0.39 is 0 Å². The lowest BCUT2D eigenvalue weighted by Crippen LogP contribution is -2.57. The van der Waals surface area contributed by atoms with Crippen molar-refractivity contribution < 1.29 is 9.57 Å². The van der Waals surface area contributed by atoms with Crippen molar-refractivity contribution in [1.29, 1.82) is 0 Å². The molecule has 2 aromatic rings. The first-order valence-corrected chi connectivity index (χ1v) is 8.20. The van der Waals surface area contributed by atoms with Crippen LogP contribution in [-0.2, 0) is 4.84 Å². The molecule has 0 saturated heterocycles. The van der Waals surface area contributed by atoms with Crippen LogP contribution >= 0.6 is 15.9 Å². The Hall–Kier alpha value is -1.55. The lowest BCUT2D eigenvalue weighted by molar-refractivity contribution is 0.00891. The van der Waals surface area contributed by atoms with E-state index in [0.717, 1.165) is 36.3 Å². The Balaban J connectivity index is 1.83. The SMILES string of the molecule is BrC12C3=NOC1CCCC2Oc1ccc2ccccc2c13. The maximum atomic E-state index is 6.32. The Morgan fingerprint density at radius 3 is 2.90 bits per heavy atom. The highest BCUT2D eigenvalue weighted by Gasteiger charge is 2.59. The second-order valence-corrected chi connectivity index (χ2v) is 7.31. The fourth-order valence-electron chi connectivity index (χ4n) is 3.87. The molecule has 0 amide bonds. The van der Waals surface area contributed by atoms with Crippen molar-refractivity contribution in [2.75, 3.05) is 0 Å². The van der Waals surface area contributed by atoms with Crippen molar-refractivity contribution in [3.63, 3.8) is 0 Å². The van der Waals surface area contributed by atoms with Crippen LogP contribution in [0.5, 0.6) is 5.75 Å². The van der Waals surface area contributed by atoms with Gasteiger partial charge in [-0.25, -0.2) is 0 Å². The van der Waals surface area contributed by atoms with Crippen LogP contribution in [0, 0.1) is 0 Å². The van der Waals surface area contributed by atoms with Gasteiger partial charge in [-0.1, -0.05) is 51.4 Å². The van der Waals surface area contributed by atoms with Crippen molar-refractivity contribution in [3.05, 3.63) is 42.0 Å². The third-order valence-electron chi connectivity index (χ3n) is 4.90. The molecule has 0 bridgehead atoms. The van der Waals surface area contributed by atoms with E-state index in [2.05, 4.69) is 57.5 Å². The van der Waals surface area contributed by atoms with Gasteiger partial charge < -0.3 is 9.57 Å². The van der Waals surface area contributed by atoms with Gasteiger partial charge in [0.1, 0.15) is 21.9 Å². The molecule has 0 spiro atoms. The van der Waals surface area contributed by atoms with Crippen molar-refractivity contribution in [1.82, 2.24) is 0 Å². The number of nitrogens with zero attached hydrogens (tertiary/aromatic N) is 1. The predicted molar refractivity (Wildman–Crippen MR) is 85.3 cm³/mol. The fraction of sp³-hybridized carbons (Fsp3) is 0.353. The second kappa shape index (κ2) is 4.01. The molecule has 2 heterocycles. The average molecular weight is 344 g/mol. The van der Waals surface area contributed by atoms with Gasteiger partial charge in [-0.05, 0) is 36.1 Å². The summed E-state index contributed by atoms with van der Waals surface area (Å²) in [5, 5.41) is 6.84. The Labute approximate surface area is 131 Å². The third-order valence-corrected chi connectivity index (χ3v) is 6.30. The minimum absolute atomic E-state index is 0.0818. The van der Waals surface area contributed by atoms with E-state index in [1.54, 1.807) is 0 Å². The van der Waals surface area contributed by atoms with Crippen LogP contribution in [-0.4, -0.2) is 22.2 Å². The highest BCUT2D eigenvalue weighted by Crippen LogP contribution is 2.51. The summed E-state index contributed by atoms with van der Waals surface area (Å²) in [4.78, 5) is 5.74. The molecule has 3 unspecified atom stereocenters. The number of rotatable bonds is 0. The number of hydrogen-bond donors (Lipinski definition) is 0. The molecule has 4 heteroatoms. The van der Waals surface area contributed by atoms with E-state index in [1.165, 1.54) is 10.8 Å². The van der Waals surface area contributed by atoms with E-state index in [4.69, 9.17) is 9.57 Å². The van der Waals surface area contributed by atoms with E-state index in [9.17, 15) is 0 Å². The van der Waals surface area contributed by atoms with E-state index >= 15 is 0 Å². The summed E-state index contributed by atoms with van der Waals surface area (Å²) < 4.78 is 6.03. The maximum absolute atomic E-state index is 6.32. The van der Waals surface area contributed by atoms with Crippen molar-refractivity contribution in [2.24, 2.45) is 5.16 Å². The second-order valence-electron chi connectivity index (χ2n) is 6.00. The Morgan fingerprint density at radius 1 is 1.10 bits per heavy atom. The first kappa shape index (κ1) is 12.0. The molecule has 3 nitrogen and oxygen atoms in total. The zero-order valence-electron chi connectivity index (χ0n) is 11.4. The smallest absolute Gasteiger partial charge is 0.152 e. The van der Waals surface area contributed by atoms with E-state index in [1.807, 2.05) is 0 Å². The molecule has 21 heavy (non-hydrogen) atoms. The first-order valence-electron chi connectivity index (χ1n) is 7.40.